The Hall–Kier alpha value is -6.51. The van der Waals surface area contributed by atoms with E-state index in [-0.39, 0.29) is 54.6 Å². The molecule has 274 valence electrons. The molecule has 2 atom stereocenters. The number of carbonyl (C=O) groups excluding carboxylic acids is 5. The molecular weight excluding hydrogens is 693 g/mol. The average molecular weight is 729 g/mol. The number of halogens is 3. The van der Waals surface area contributed by atoms with Gasteiger partial charge in [0, 0.05) is 18.7 Å². The largest absolute Gasteiger partial charge is 0.491 e. The first-order chi connectivity index (χ1) is 25.3. The number of nitrogens with zero attached hydrogens (tertiary/aromatic N) is 3. The number of para-hydroxylation sites is 1. The molecule has 3 amide bonds. The summed E-state index contributed by atoms with van der Waals surface area (Å²) in [4.78, 5) is 73.8. The molecule has 0 spiro atoms. The Balaban J connectivity index is 1.63. The quantitative estimate of drug-likeness (QED) is 0.0622. The lowest BCUT2D eigenvalue weighted by Gasteiger charge is -2.37. The van der Waals surface area contributed by atoms with Crippen LogP contribution < -0.4 is 21.7 Å². The van der Waals surface area contributed by atoms with Crippen LogP contribution in [0.2, 0.25) is 0 Å². The van der Waals surface area contributed by atoms with E-state index < -0.39 is 48.4 Å². The Morgan fingerprint density at radius 2 is 1.49 bits per heavy atom. The van der Waals surface area contributed by atoms with Crippen molar-refractivity contribution < 1.29 is 41.9 Å². The minimum atomic E-state index is -5.45. The lowest BCUT2D eigenvalue weighted by atomic mass is 9.95. The van der Waals surface area contributed by atoms with Gasteiger partial charge < -0.3 is 26.4 Å². The van der Waals surface area contributed by atoms with Gasteiger partial charge in [-0.05, 0) is 47.4 Å². The van der Waals surface area contributed by atoms with Crippen LogP contribution in [0.1, 0.15) is 52.0 Å². The number of fused-ring (bicyclic) bond motifs is 1. The van der Waals surface area contributed by atoms with E-state index in [1.807, 2.05) is 0 Å². The van der Waals surface area contributed by atoms with Gasteiger partial charge >= 0.3 is 18.1 Å². The summed E-state index contributed by atoms with van der Waals surface area (Å²) < 4.78 is 43.5. The summed E-state index contributed by atoms with van der Waals surface area (Å²) >= 11 is 0. The number of ether oxygens (including phenoxy) is 1. The van der Waals surface area contributed by atoms with Crippen LogP contribution in [0.25, 0.3) is 0 Å². The molecule has 5 rings (SSSR count). The Kier molecular flexibility index (Phi) is 11.9. The van der Waals surface area contributed by atoms with Gasteiger partial charge in [0.15, 0.2) is 5.96 Å². The van der Waals surface area contributed by atoms with E-state index in [0.717, 1.165) is 4.90 Å². The van der Waals surface area contributed by atoms with Crippen molar-refractivity contribution in [3.8, 4) is 0 Å². The third-order valence-electron chi connectivity index (χ3n) is 8.32. The maximum atomic E-state index is 15.1. The number of hydrogen-bond acceptors (Lipinski definition) is 7. The van der Waals surface area contributed by atoms with Crippen LogP contribution in [0, 0.1) is 0 Å². The van der Waals surface area contributed by atoms with Gasteiger partial charge in [-0.25, -0.2) is 4.79 Å². The van der Waals surface area contributed by atoms with E-state index in [4.69, 9.17) is 11.5 Å². The first kappa shape index (κ1) is 37.7. The molecule has 53 heavy (non-hydrogen) atoms. The summed E-state index contributed by atoms with van der Waals surface area (Å²) in [5.74, 6) is -6.03. The molecule has 1 aliphatic rings. The average Bonchev–Trinajstić information content (AvgIpc) is 3.23. The molecule has 0 saturated heterocycles. The predicted octanol–water partition coefficient (Wildman–Crippen LogP) is 4.63. The number of aliphatic imine (C=N–C) groups is 1. The Morgan fingerprint density at radius 1 is 0.868 bits per heavy atom. The van der Waals surface area contributed by atoms with Gasteiger partial charge in [-0.1, -0.05) is 84.9 Å². The van der Waals surface area contributed by atoms with Crippen molar-refractivity contribution in [2.24, 2.45) is 16.5 Å². The summed E-state index contributed by atoms with van der Waals surface area (Å²) in [6.45, 7) is 0.380. The Morgan fingerprint density at radius 3 is 2.11 bits per heavy atom. The van der Waals surface area contributed by atoms with E-state index in [1.54, 1.807) is 109 Å². The number of carbonyl (C=O) groups is 5. The summed E-state index contributed by atoms with van der Waals surface area (Å²) in [7, 11) is 0. The van der Waals surface area contributed by atoms with Crippen molar-refractivity contribution in [1.82, 2.24) is 10.2 Å². The highest BCUT2D eigenvalue weighted by Gasteiger charge is 2.47. The van der Waals surface area contributed by atoms with Crippen molar-refractivity contribution >= 4 is 47.0 Å². The smallest absolute Gasteiger partial charge is 0.386 e. The van der Waals surface area contributed by atoms with E-state index in [2.05, 4.69) is 15.0 Å². The molecule has 0 aliphatic carbocycles. The third kappa shape index (κ3) is 9.24. The number of aryl methyl sites for hydroxylation is 1. The Bertz CT molecular complexity index is 1990. The Labute approximate surface area is 302 Å². The lowest BCUT2D eigenvalue weighted by molar-refractivity contribution is -0.202. The van der Waals surface area contributed by atoms with Crippen molar-refractivity contribution in [2.75, 3.05) is 18.0 Å². The summed E-state index contributed by atoms with van der Waals surface area (Å²) in [6.07, 6.45) is -6.15. The number of nitrogens with one attached hydrogen (secondary N) is 1. The maximum Gasteiger partial charge on any atom is 0.491 e. The first-order valence-corrected chi connectivity index (χ1v) is 16.4. The molecule has 4 aromatic rings. The zero-order valence-corrected chi connectivity index (χ0v) is 28.2. The van der Waals surface area contributed by atoms with E-state index >= 15 is 4.79 Å². The standard InChI is InChI=1S/C38H35F3N6O6/c39-38(40,41)36(52)53-32(49)23-30(25-10-4-1-5-11-25)47-33(26-12-6-2-7-13-26)35(51)46(27-14-8-3-9-15-27)29-18-16-24(22-28(29)34(47)50)17-19-31(48)44-20-21-45-37(42)43/h1-16,18,22,30,33H,17,19-21,23H2,(H,44,48)(H4,42,43,45). The zero-order valence-electron chi connectivity index (χ0n) is 28.2. The highest BCUT2D eigenvalue weighted by molar-refractivity contribution is 6.14. The molecule has 0 aromatic heterocycles. The first-order valence-electron chi connectivity index (χ1n) is 16.4. The molecule has 0 saturated carbocycles. The second kappa shape index (κ2) is 16.7. The normalized spacial score (nSPS) is 14.8. The molecule has 2 unspecified atom stereocenters. The van der Waals surface area contributed by atoms with Gasteiger partial charge in [0.05, 0.1) is 30.3 Å². The van der Waals surface area contributed by atoms with E-state index in [9.17, 15) is 32.3 Å². The fourth-order valence-corrected chi connectivity index (χ4v) is 5.96. The highest BCUT2D eigenvalue weighted by Crippen LogP contribution is 2.44. The van der Waals surface area contributed by atoms with Crippen molar-refractivity contribution in [1.29, 1.82) is 0 Å². The van der Waals surface area contributed by atoms with Crippen LogP contribution in [-0.2, 0) is 30.3 Å². The van der Waals surface area contributed by atoms with Gasteiger partial charge in [-0.3, -0.25) is 29.1 Å². The zero-order chi connectivity index (χ0) is 38.1. The van der Waals surface area contributed by atoms with Gasteiger partial charge in [-0.15, -0.1) is 0 Å². The molecule has 15 heteroatoms. The van der Waals surface area contributed by atoms with Crippen LogP contribution in [0.4, 0.5) is 24.5 Å². The van der Waals surface area contributed by atoms with Gasteiger partial charge in [0.1, 0.15) is 6.04 Å². The van der Waals surface area contributed by atoms with Crippen LogP contribution in [-0.4, -0.2) is 59.8 Å². The number of nitrogens with two attached hydrogens (primary N) is 2. The number of guanidine groups is 1. The number of esters is 2. The molecule has 1 heterocycles. The molecule has 0 radical (unpaired) electrons. The van der Waals surface area contributed by atoms with Crippen molar-refractivity contribution in [3.05, 3.63) is 131 Å². The highest BCUT2D eigenvalue weighted by atomic mass is 19.4. The molecule has 12 nitrogen and oxygen atoms in total. The van der Waals surface area contributed by atoms with Gasteiger partial charge in [0.2, 0.25) is 5.91 Å². The number of amides is 3. The number of benzene rings is 4. The second-order valence-electron chi connectivity index (χ2n) is 11.9. The molecule has 0 fully saturated rings. The van der Waals surface area contributed by atoms with Crippen LogP contribution in [0.15, 0.2) is 114 Å². The number of hydrogen-bond donors (Lipinski definition) is 3. The minimum Gasteiger partial charge on any atom is -0.386 e. The summed E-state index contributed by atoms with van der Waals surface area (Å²) in [5.41, 5.74) is 12.5. The number of alkyl halides is 3. The predicted molar refractivity (Wildman–Crippen MR) is 188 cm³/mol. The summed E-state index contributed by atoms with van der Waals surface area (Å²) in [5, 5.41) is 2.71. The number of anilines is 2. The fraction of sp³-hybridized carbons (Fsp3) is 0.211. The molecule has 4 aromatic carbocycles. The van der Waals surface area contributed by atoms with Crippen LogP contribution >= 0.6 is 0 Å². The van der Waals surface area contributed by atoms with Gasteiger partial charge in [-0.2, -0.15) is 13.2 Å². The topological polar surface area (TPSA) is 177 Å². The van der Waals surface area contributed by atoms with E-state index in [0.29, 0.717) is 16.8 Å². The van der Waals surface area contributed by atoms with E-state index in [1.165, 1.54) is 4.90 Å². The maximum absolute atomic E-state index is 15.1. The van der Waals surface area contributed by atoms with Crippen LogP contribution in [0.5, 0.6) is 0 Å². The minimum absolute atomic E-state index is 0.0203. The molecule has 5 N–H and O–H groups in total. The van der Waals surface area contributed by atoms with Crippen LogP contribution in [0.3, 0.4) is 0 Å². The fourth-order valence-electron chi connectivity index (χ4n) is 5.96. The van der Waals surface area contributed by atoms with Gasteiger partial charge in [0.25, 0.3) is 11.8 Å². The monoisotopic (exact) mass is 728 g/mol. The third-order valence-corrected chi connectivity index (χ3v) is 8.32. The number of rotatable bonds is 12. The van der Waals surface area contributed by atoms with Crippen molar-refractivity contribution in [3.63, 3.8) is 0 Å². The second-order valence-corrected chi connectivity index (χ2v) is 11.9. The summed E-state index contributed by atoms with van der Waals surface area (Å²) in [6, 6.07) is 26.7. The van der Waals surface area contributed by atoms with Crippen molar-refractivity contribution in [2.45, 2.75) is 37.5 Å². The molecule has 0 bridgehead atoms. The lowest BCUT2D eigenvalue weighted by Crippen LogP contribution is -2.44. The SMILES string of the molecule is NC(N)=NCCNC(=O)CCc1ccc2c(c1)C(=O)N(C(CC(=O)OC(=O)C(F)(F)F)c1ccccc1)C(c1ccccc1)C(=O)N2c1ccccc1. The molecule has 1 aliphatic heterocycles. The molecular formula is C38H35F3N6O6.